The molecule has 0 bridgehead atoms. The van der Waals surface area contributed by atoms with Crippen LogP contribution in [0.5, 0.6) is 5.75 Å². The number of methoxy groups -OCH3 is 1. The van der Waals surface area contributed by atoms with E-state index in [4.69, 9.17) is 16.3 Å². The van der Waals surface area contributed by atoms with Crippen LogP contribution in [0.3, 0.4) is 0 Å². The van der Waals surface area contributed by atoms with Crippen molar-refractivity contribution in [3.8, 4) is 17.1 Å². The summed E-state index contributed by atoms with van der Waals surface area (Å²) in [4.78, 5) is 4.56. The molecule has 1 heterocycles. The van der Waals surface area contributed by atoms with Gasteiger partial charge in [0.15, 0.2) is 5.82 Å². The second-order valence-electron chi connectivity index (χ2n) is 6.63. The Bertz CT molecular complexity index is 1270. The van der Waals surface area contributed by atoms with Gasteiger partial charge in [0.1, 0.15) is 5.75 Å². The van der Waals surface area contributed by atoms with Gasteiger partial charge in [0, 0.05) is 17.1 Å². The average Bonchev–Trinajstić information content (AvgIpc) is 3.24. The van der Waals surface area contributed by atoms with Crippen molar-refractivity contribution in [2.75, 3.05) is 12.4 Å². The molecule has 0 aliphatic rings. The highest BCUT2D eigenvalue weighted by Gasteiger charge is 2.24. The number of anilines is 1. The first-order valence-electron chi connectivity index (χ1n) is 9.38. The molecule has 1 N–H and O–H groups in total. The Morgan fingerprint density at radius 2 is 1.65 bits per heavy atom. The molecule has 9 heteroatoms. The first-order valence-corrected chi connectivity index (χ1v) is 11.2. The zero-order valence-corrected chi connectivity index (χ0v) is 18.1. The highest BCUT2D eigenvalue weighted by atomic mass is 35.5. The van der Waals surface area contributed by atoms with Crippen molar-refractivity contribution in [1.29, 1.82) is 0 Å². The van der Waals surface area contributed by atoms with Gasteiger partial charge in [-0.1, -0.05) is 41.9 Å². The fourth-order valence-electron chi connectivity index (χ4n) is 2.91. The third kappa shape index (κ3) is 4.55. The Balaban J connectivity index is 1.71. The van der Waals surface area contributed by atoms with E-state index in [-0.39, 0.29) is 16.7 Å². The molecule has 0 spiro atoms. The van der Waals surface area contributed by atoms with Crippen molar-refractivity contribution in [3.63, 3.8) is 0 Å². The summed E-state index contributed by atoms with van der Waals surface area (Å²) in [6.07, 6.45) is 0. The van der Waals surface area contributed by atoms with E-state index in [1.54, 1.807) is 49.6 Å². The van der Waals surface area contributed by atoms with E-state index in [1.165, 1.54) is 12.1 Å². The van der Waals surface area contributed by atoms with Gasteiger partial charge in [-0.15, -0.1) is 9.19 Å². The van der Waals surface area contributed by atoms with Gasteiger partial charge >= 0.3 is 0 Å². The minimum atomic E-state index is -3.95. The lowest BCUT2D eigenvalue weighted by molar-refractivity contribution is 0.414. The minimum absolute atomic E-state index is 0.115. The molecule has 0 atom stereocenters. The molecule has 4 aromatic rings. The molecule has 0 aliphatic carbocycles. The second-order valence-corrected chi connectivity index (χ2v) is 8.83. The molecule has 0 saturated carbocycles. The Morgan fingerprint density at radius 3 is 2.29 bits per heavy atom. The number of benzene rings is 3. The first-order chi connectivity index (χ1) is 15.0. The predicted molar refractivity (Wildman–Crippen MR) is 120 cm³/mol. The molecule has 158 valence electrons. The maximum absolute atomic E-state index is 13.2. The van der Waals surface area contributed by atoms with Gasteiger partial charge in [-0.3, -0.25) is 0 Å². The van der Waals surface area contributed by atoms with Crippen LogP contribution in [0.4, 0.5) is 5.95 Å². The highest BCUT2D eigenvalue weighted by molar-refractivity contribution is 7.90. The zero-order valence-electron chi connectivity index (χ0n) is 16.6. The van der Waals surface area contributed by atoms with E-state index in [0.717, 1.165) is 15.4 Å². The molecule has 7 nitrogen and oxygen atoms in total. The monoisotopic (exact) mass is 454 g/mol. The molecule has 0 amide bonds. The Kier molecular flexibility index (Phi) is 5.92. The molecular formula is C22H19ClN4O3S. The van der Waals surface area contributed by atoms with Gasteiger partial charge < -0.3 is 10.1 Å². The van der Waals surface area contributed by atoms with E-state index in [1.807, 2.05) is 24.3 Å². The van der Waals surface area contributed by atoms with Crippen molar-refractivity contribution < 1.29 is 13.2 Å². The van der Waals surface area contributed by atoms with Crippen molar-refractivity contribution in [2.24, 2.45) is 0 Å². The van der Waals surface area contributed by atoms with Crippen LogP contribution in [0.15, 0.2) is 83.8 Å². The lowest BCUT2D eigenvalue weighted by atomic mass is 10.2. The van der Waals surface area contributed by atoms with E-state index in [9.17, 15) is 8.42 Å². The summed E-state index contributed by atoms with van der Waals surface area (Å²) < 4.78 is 32.6. The smallest absolute Gasteiger partial charge is 0.286 e. The minimum Gasteiger partial charge on any atom is -0.497 e. The Hall–Kier alpha value is -3.36. The summed E-state index contributed by atoms with van der Waals surface area (Å²) in [6, 6.07) is 22.4. The Morgan fingerprint density at radius 1 is 0.968 bits per heavy atom. The molecule has 0 aliphatic heterocycles. The van der Waals surface area contributed by atoms with Crippen molar-refractivity contribution in [2.45, 2.75) is 11.4 Å². The van der Waals surface area contributed by atoms with Gasteiger partial charge in [-0.25, -0.2) is 0 Å². The predicted octanol–water partition coefficient (Wildman–Crippen LogP) is 4.46. The van der Waals surface area contributed by atoms with Crippen LogP contribution >= 0.6 is 11.6 Å². The summed E-state index contributed by atoms with van der Waals surface area (Å²) in [5.41, 5.74) is 1.58. The summed E-state index contributed by atoms with van der Waals surface area (Å²) in [7, 11) is -2.35. The van der Waals surface area contributed by atoms with Crippen LogP contribution in [0, 0.1) is 0 Å². The quantitative estimate of drug-likeness (QED) is 0.443. The van der Waals surface area contributed by atoms with Gasteiger partial charge in [-0.2, -0.15) is 13.4 Å². The largest absolute Gasteiger partial charge is 0.497 e. The topological polar surface area (TPSA) is 86.1 Å². The Labute approximate surface area is 185 Å². The average molecular weight is 455 g/mol. The number of nitrogens with zero attached hydrogens (tertiary/aromatic N) is 3. The number of nitrogens with one attached hydrogen (secondary N) is 1. The molecular weight excluding hydrogens is 436 g/mol. The first kappa shape index (κ1) is 20.9. The second kappa shape index (κ2) is 8.79. The van der Waals surface area contributed by atoms with E-state index >= 15 is 0 Å². The van der Waals surface area contributed by atoms with Crippen LogP contribution in [-0.2, 0) is 16.6 Å². The number of hydrogen-bond donors (Lipinski definition) is 1. The normalized spacial score (nSPS) is 11.3. The molecule has 3 aromatic carbocycles. The number of hydrogen-bond acceptors (Lipinski definition) is 6. The van der Waals surface area contributed by atoms with Gasteiger partial charge in [-0.05, 0) is 54.1 Å². The third-order valence-electron chi connectivity index (χ3n) is 4.56. The van der Waals surface area contributed by atoms with Crippen molar-refractivity contribution in [3.05, 3.63) is 89.4 Å². The molecule has 4 rings (SSSR count). The fraction of sp³-hybridized carbons (Fsp3) is 0.0909. The lowest BCUT2D eigenvalue weighted by Crippen LogP contribution is -2.18. The van der Waals surface area contributed by atoms with Gasteiger partial charge in [0.25, 0.3) is 10.0 Å². The highest BCUT2D eigenvalue weighted by Crippen LogP contribution is 2.24. The zero-order chi connectivity index (χ0) is 21.8. The molecule has 0 fully saturated rings. The number of halogens is 1. The summed E-state index contributed by atoms with van der Waals surface area (Å²) in [5.74, 6) is 1.13. The van der Waals surface area contributed by atoms with Crippen LogP contribution < -0.4 is 10.1 Å². The number of ether oxygens (including phenoxy) is 1. The van der Waals surface area contributed by atoms with E-state index < -0.39 is 10.0 Å². The maximum Gasteiger partial charge on any atom is 0.286 e. The van der Waals surface area contributed by atoms with Crippen LogP contribution in [0.1, 0.15) is 5.56 Å². The summed E-state index contributed by atoms with van der Waals surface area (Å²) in [6.45, 7) is 0.354. The van der Waals surface area contributed by atoms with Crippen molar-refractivity contribution >= 4 is 27.6 Å². The fourth-order valence-corrected chi connectivity index (χ4v) is 4.26. The SMILES string of the molecule is COc1ccc(CNc2nc(-c3ccc(Cl)cc3)nn2S(=O)(=O)c2ccccc2)cc1. The van der Waals surface area contributed by atoms with E-state index in [0.29, 0.717) is 17.1 Å². The molecule has 31 heavy (non-hydrogen) atoms. The van der Waals surface area contributed by atoms with Crippen LogP contribution in [0.2, 0.25) is 5.02 Å². The van der Waals surface area contributed by atoms with Crippen LogP contribution in [-0.4, -0.2) is 29.7 Å². The van der Waals surface area contributed by atoms with Crippen LogP contribution in [0.25, 0.3) is 11.4 Å². The van der Waals surface area contributed by atoms with Gasteiger partial charge in [0.2, 0.25) is 5.95 Å². The maximum atomic E-state index is 13.2. The molecule has 0 radical (unpaired) electrons. The lowest BCUT2D eigenvalue weighted by Gasteiger charge is -2.09. The van der Waals surface area contributed by atoms with Gasteiger partial charge in [0.05, 0.1) is 12.0 Å². The number of aromatic nitrogens is 3. The molecule has 1 aromatic heterocycles. The molecule has 0 unspecified atom stereocenters. The standard InChI is InChI=1S/C22H19ClN4O3S/c1-30-19-13-7-16(8-14-19)15-24-22-25-21(17-9-11-18(23)12-10-17)26-27(22)31(28,29)20-5-3-2-4-6-20/h2-14H,15H2,1H3,(H,24,25,26). The molecule has 0 saturated heterocycles. The van der Waals surface area contributed by atoms with E-state index in [2.05, 4.69) is 15.4 Å². The third-order valence-corrected chi connectivity index (χ3v) is 6.39. The van der Waals surface area contributed by atoms with Crippen molar-refractivity contribution in [1.82, 2.24) is 14.2 Å². The summed E-state index contributed by atoms with van der Waals surface area (Å²) in [5, 5.41) is 7.95. The number of rotatable bonds is 7. The summed E-state index contributed by atoms with van der Waals surface area (Å²) >= 11 is 5.96.